The number of piperazine rings is 1. The van der Waals surface area contributed by atoms with E-state index in [1.54, 1.807) is 4.90 Å². The second kappa shape index (κ2) is 9.24. The molecule has 1 heterocycles. The highest BCUT2D eigenvalue weighted by molar-refractivity contribution is 7.89. The minimum Gasteiger partial charge on any atom is -0.337 e. The van der Waals surface area contributed by atoms with Gasteiger partial charge in [0.15, 0.2) is 0 Å². The summed E-state index contributed by atoms with van der Waals surface area (Å²) < 4.78 is 28.4. The van der Waals surface area contributed by atoms with Gasteiger partial charge in [0, 0.05) is 36.6 Å². The molecule has 3 rings (SSSR count). The zero-order chi connectivity index (χ0) is 22.1. The molecule has 30 heavy (non-hydrogen) atoms. The third kappa shape index (κ3) is 5.15. The van der Waals surface area contributed by atoms with Crippen molar-refractivity contribution >= 4 is 33.4 Å². The second-order valence-corrected chi connectivity index (χ2v) is 10.5. The molecular formula is C21H30ClN3O4S. The molecule has 3 unspecified atom stereocenters. The molecule has 0 radical (unpaired) electrons. The van der Waals surface area contributed by atoms with Crippen LogP contribution in [0, 0.1) is 11.8 Å². The van der Waals surface area contributed by atoms with E-state index in [0.717, 1.165) is 12.8 Å². The summed E-state index contributed by atoms with van der Waals surface area (Å²) >= 11 is 5.86. The van der Waals surface area contributed by atoms with Gasteiger partial charge in [-0.2, -0.15) is 4.72 Å². The van der Waals surface area contributed by atoms with Crippen LogP contribution in [-0.4, -0.2) is 61.7 Å². The van der Waals surface area contributed by atoms with Crippen LogP contribution >= 0.6 is 11.6 Å². The predicted molar refractivity (Wildman–Crippen MR) is 115 cm³/mol. The van der Waals surface area contributed by atoms with Crippen molar-refractivity contribution in [1.82, 2.24) is 14.5 Å². The molecule has 0 spiro atoms. The number of carbonyl (C=O) groups is 2. The van der Waals surface area contributed by atoms with Gasteiger partial charge in [-0.15, -0.1) is 0 Å². The summed E-state index contributed by atoms with van der Waals surface area (Å²) in [6, 6.07) is 4.91. The fourth-order valence-corrected chi connectivity index (χ4v) is 5.17. The van der Waals surface area contributed by atoms with E-state index in [2.05, 4.69) is 4.72 Å². The monoisotopic (exact) mass is 455 g/mol. The summed E-state index contributed by atoms with van der Waals surface area (Å²) in [5.74, 6) is -0.0986. The number of amides is 2. The molecule has 1 saturated carbocycles. The van der Waals surface area contributed by atoms with Crippen LogP contribution in [0.5, 0.6) is 0 Å². The number of hydrogen-bond acceptors (Lipinski definition) is 4. The van der Waals surface area contributed by atoms with Crippen molar-refractivity contribution in [1.29, 1.82) is 0 Å². The number of nitrogens with zero attached hydrogens (tertiary/aromatic N) is 2. The first kappa shape index (κ1) is 23.0. The van der Waals surface area contributed by atoms with Crippen molar-refractivity contribution < 1.29 is 18.0 Å². The Labute approximate surface area is 183 Å². The molecule has 2 aliphatic rings. The normalized spacial score (nSPS) is 21.9. The van der Waals surface area contributed by atoms with Gasteiger partial charge in [0.25, 0.3) is 0 Å². The lowest BCUT2D eigenvalue weighted by Crippen LogP contribution is -2.60. The third-order valence-corrected chi connectivity index (χ3v) is 7.74. The highest BCUT2D eigenvalue weighted by Crippen LogP contribution is 2.32. The molecule has 1 N–H and O–H groups in total. The summed E-state index contributed by atoms with van der Waals surface area (Å²) in [6.07, 6.45) is 2.55. The molecule has 0 aromatic heterocycles. The van der Waals surface area contributed by atoms with E-state index in [1.165, 1.54) is 24.3 Å². The van der Waals surface area contributed by atoms with Gasteiger partial charge in [-0.1, -0.05) is 31.9 Å². The van der Waals surface area contributed by atoms with Crippen LogP contribution in [-0.2, 0) is 19.6 Å². The fourth-order valence-electron chi connectivity index (χ4n) is 3.74. The van der Waals surface area contributed by atoms with Crippen LogP contribution in [0.1, 0.15) is 40.0 Å². The standard InChI is InChI=1S/C21H30ClN3O4S/c1-4-14(2)19(23-30(28,29)18-9-7-17(22)8-10-18)21(27)24-11-12-25(15(3)13-24)20(26)16-5-6-16/h7-10,14-16,19,23H,4-6,11-13H2,1-3H3. The molecule has 3 atom stereocenters. The highest BCUT2D eigenvalue weighted by atomic mass is 35.5. The fraction of sp³-hybridized carbons (Fsp3) is 0.619. The number of benzene rings is 1. The minimum atomic E-state index is -3.88. The highest BCUT2D eigenvalue weighted by Gasteiger charge is 2.40. The van der Waals surface area contributed by atoms with Gasteiger partial charge < -0.3 is 9.80 Å². The quantitative estimate of drug-likeness (QED) is 0.684. The number of halogens is 1. The summed E-state index contributed by atoms with van der Waals surface area (Å²) in [5.41, 5.74) is 0. The largest absolute Gasteiger partial charge is 0.337 e. The minimum absolute atomic E-state index is 0.0706. The molecule has 166 valence electrons. The van der Waals surface area contributed by atoms with Crippen LogP contribution in [0.15, 0.2) is 29.2 Å². The Bertz CT molecular complexity index is 886. The molecule has 9 heteroatoms. The molecule has 1 saturated heterocycles. The molecule has 0 bridgehead atoms. The van der Waals surface area contributed by atoms with Crippen molar-refractivity contribution in [2.24, 2.45) is 11.8 Å². The SMILES string of the molecule is CCC(C)C(NS(=O)(=O)c1ccc(Cl)cc1)C(=O)N1CCN(C(=O)C2CC2)C(C)C1. The summed E-state index contributed by atoms with van der Waals surface area (Å²) in [6.45, 7) is 7.04. The lowest BCUT2D eigenvalue weighted by Gasteiger charge is -2.41. The van der Waals surface area contributed by atoms with Gasteiger partial charge in [0.1, 0.15) is 6.04 Å². The average Bonchev–Trinajstić information content (AvgIpc) is 3.56. The smallest absolute Gasteiger partial charge is 0.241 e. The molecule has 1 aliphatic heterocycles. The molecule has 1 aliphatic carbocycles. The van der Waals surface area contributed by atoms with Crippen LogP contribution in [0.3, 0.4) is 0 Å². The third-order valence-electron chi connectivity index (χ3n) is 6.03. The van der Waals surface area contributed by atoms with Gasteiger partial charge in [-0.25, -0.2) is 8.42 Å². The molecule has 1 aromatic rings. The molecular weight excluding hydrogens is 426 g/mol. The van der Waals surface area contributed by atoms with E-state index >= 15 is 0 Å². The van der Waals surface area contributed by atoms with Crippen molar-refractivity contribution in [3.05, 3.63) is 29.3 Å². The summed E-state index contributed by atoms with van der Waals surface area (Å²) in [5, 5.41) is 0.441. The second-order valence-electron chi connectivity index (χ2n) is 8.38. The maximum atomic E-state index is 13.3. The van der Waals surface area contributed by atoms with Crippen molar-refractivity contribution in [2.45, 2.75) is 57.0 Å². The first-order valence-corrected chi connectivity index (χ1v) is 12.4. The van der Waals surface area contributed by atoms with Crippen molar-refractivity contribution in [2.75, 3.05) is 19.6 Å². The maximum absolute atomic E-state index is 13.3. The molecule has 1 aromatic carbocycles. The Morgan fingerprint density at radius 3 is 2.37 bits per heavy atom. The zero-order valence-corrected chi connectivity index (χ0v) is 19.2. The van der Waals surface area contributed by atoms with Crippen molar-refractivity contribution in [3.63, 3.8) is 0 Å². The Morgan fingerprint density at radius 2 is 1.83 bits per heavy atom. The first-order valence-electron chi connectivity index (χ1n) is 10.5. The number of hydrogen-bond donors (Lipinski definition) is 1. The van der Waals surface area contributed by atoms with E-state index in [4.69, 9.17) is 11.6 Å². The van der Waals surface area contributed by atoms with E-state index in [1.807, 2.05) is 25.7 Å². The van der Waals surface area contributed by atoms with Crippen molar-refractivity contribution in [3.8, 4) is 0 Å². The molecule has 7 nitrogen and oxygen atoms in total. The summed E-state index contributed by atoms with van der Waals surface area (Å²) in [7, 11) is -3.88. The van der Waals surface area contributed by atoms with Crippen LogP contribution in [0.2, 0.25) is 5.02 Å². The molecule has 2 fully saturated rings. The number of sulfonamides is 1. The Morgan fingerprint density at radius 1 is 1.20 bits per heavy atom. The van der Waals surface area contributed by atoms with Crippen LogP contribution in [0.25, 0.3) is 0 Å². The van der Waals surface area contributed by atoms with E-state index < -0.39 is 16.1 Å². The van der Waals surface area contributed by atoms with Gasteiger partial charge in [0.2, 0.25) is 21.8 Å². The number of carbonyl (C=O) groups excluding carboxylic acids is 2. The van der Waals surface area contributed by atoms with Gasteiger partial charge in [0.05, 0.1) is 4.90 Å². The van der Waals surface area contributed by atoms with Crippen LogP contribution < -0.4 is 4.72 Å². The number of nitrogens with one attached hydrogen (secondary N) is 1. The summed E-state index contributed by atoms with van der Waals surface area (Å²) in [4.78, 5) is 29.3. The molecule has 2 amide bonds. The lowest BCUT2D eigenvalue weighted by molar-refractivity contribution is -0.144. The Hall–Kier alpha value is -1.64. The van der Waals surface area contributed by atoms with Gasteiger partial charge in [-0.3, -0.25) is 9.59 Å². The predicted octanol–water partition coefficient (Wildman–Crippen LogP) is 2.50. The van der Waals surface area contributed by atoms with E-state index in [-0.39, 0.29) is 34.6 Å². The zero-order valence-electron chi connectivity index (χ0n) is 17.7. The van der Waals surface area contributed by atoms with E-state index in [0.29, 0.717) is 31.1 Å². The van der Waals surface area contributed by atoms with Gasteiger partial charge >= 0.3 is 0 Å². The van der Waals surface area contributed by atoms with Gasteiger partial charge in [-0.05, 0) is 49.9 Å². The first-order chi connectivity index (χ1) is 14.1. The lowest BCUT2D eigenvalue weighted by atomic mass is 9.98. The maximum Gasteiger partial charge on any atom is 0.241 e. The topological polar surface area (TPSA) is 86.8 Å². The van der Waals surface area contributed by atoms with Crippen LogP contribution in [0.4, 0.5) is 0 Å². The Balaban J connectivity index is 1.73. The van der Waals surface area contributed by atoms with E-state index in [9.17, 15) is 18.0 Å². The Kier molecular flexibility index (Phi) is 7.09. The average molecular weight is 456 g/mol. The number of rotatable bonds is 7.